The SMILES string of the molecule is Nc1ccc(Cc2cc(F)cc(F)c2)cc1. The second kappa shape index (κ2) is 4.31. The van der Waals surface area contributed by atoms with Crippen molar-refractivity contribution in [3.05, 3.63) is 65.2 Å². The maximum Gasteiger partial charge on any atom is 0.126 e. The number of halogens is 2. The van der Waals surface area contributed by atoms with Gasteiger partial charge in [0.25, 0.3) is 0 Å². The summed E-state index contributed by atoms with van der Waals surface area (Å²) in [6, 6.07) is 10.8. The van der Waals surface area contributed by atoms with Crippen LogP contribution in [0.25, 0.3) is 0 Å². The van der Waals surface area contributed by atoms with E-state index in [4.69, 9.17) is 5.73 Å². The minimum absolute atomic E-state index is 0.495. The van der Waals surface area contributed by atoms with Crippen LogP contribution in [0.5, 0.6) is 0 Å². The molecule has 2 rings (SSSR count). The highest BCUT2D eigenvalue weighted by Gasteiger charge is 2.01. The minimum atomic E-state index is -0.551. The van der Waals surface area contributed by atoms with Crippen molar-refractivity contribution in [1.82, 2.24) is 0 Å². The van der Waals surface area contributed by atoms with E-state index in [1.54, 1.807) is 12.1 Å². The van der Waals surface area contributed by atoms with E-state index in [1.165, 1.54) is 12.1 Å². The highest BCUT2D eigenvalue weighted by atomic mass is 19.1. The van der Waals surface area contributed by atoms with Gasteiger partial charge in [-0.2, -0.15) is 0 Å². The van der Waals surface area contributed by atoms with E-state index < -0.39 is 11.6 Å². The molecule has 82 valence electrons. The fourth-order valence-electron chi connectivity index (χ4n) is 1.58. The summed E-state index contributed by atoms with van der Waals surface area (Å²) in [7, 11) is 0. The van der Waals surface area contributed by atoms with Crippen molar-refractivity contribution >= 4 is 5.69 Å². The molecule has 0 atom stereocenters. The molecule has 1 nitrogen and oxygen atoms in total. The molecule has 0 aliphatic heterocycles. The Hall–Kier alpha value is -1.90. The van der Waals surface area contributed by atoms with E-state index in [-0.39, 0.29) is 0 Å². The number of nitrogens with two attached hydrogens (primary N) is 1. The summed E-state index contributed by atoms with van der Waals surface area (Å²) in [4.78, 5) is 0. The summed E-state index contributed by atoms with van der Waals surface area (Å²) in [6.45, 7) is 0. The van der Waals surface area contributed by atoms with Crippen molar-refractivity contribution in [1.29, 1.82) is 0 Å². The van der Waals surface area contributed by atoms with Crippen LogP contribution >= 0.6 is 0 Å². The predicted molar refractivity (Wildman–Crippen MR) is 60.0 cm³/mol. The van der Waals surface area contributed by atoms with Gasteiger partial charge in [0.05, 0.1) is 0 Å². The quantitative estimate of drug-likeness (QED) is 0.771. The van der Waals surface area contributed by atoms with Gasteiger partial charge in [0.2, 0.25) is 0 Å². The highest BCUT2D eigenvalue weighted by molar-refractivity contribution is 5.40. The van der Waals surface area contributed by atoms with Crippen LogP contribution in [-0.4, -0.2) is 0 Å². The third kappa shape index (κ3) is 2.57. The van der Waals surface area contributed by atoms with Gasteiger partial charge < -0.3 is 5.73 Å². The zero-order valence-corrected chi connectivity index (χ0v) is 8.58. The maximum absolute atomic E-state index is 12.9. The van der Waals surface area contributed by atoms with Gasteiger partial charge in [-0.3, -0.25) is 0 Å². The van der Waals surface area contributed by atoms with Crippen molar-refractivity contribution in [2.75, 3.05) is 5.73 Å². The second-order valence-corrected chi connectivity index (χ2v) is 3.70. The molecule has 2 aromatic rings. The molecule has 0 fully saturated rings. The molecule has 0 radical (unpaired) electrons. The van der Waals surface area contributed by atoms with Crippen LogP contribution in [0.15, 0.2) is 42.5 Å². The monoisotopic (exact) mass is 219 g/mol. The summed E-state index contributed by atoms with van der Waals surface area (Å²) in [5, 5.41) is 0. The van der Waals surface area contributed by atoms with Gasteiger partial charge in [0.1, 0.15) is 11.6 Å². The Morgan fingerprint density at radius 1 is 0.812 bits per heavy atom. The summed E-state index contributed by atoms with van der Waals surface area (Å²) in [6.07, 6.45) is 0.495. The van der Waals surface area contributed by atoms with Crippen LogP contribution < -0.4 is 5.73 Å². The van der Waals surface area contributed by atoms with Gasteiger partial charge in [-0.15, -0.1) is 0 Å². The fraction of sp³-hybridized carbons (Fsp3) is 0.0769. The second-order valence-electron chi connectivity index (χ2n) is 3.70. The number of hydrogen-bond acceptors (Lipinski definition) is 1. The Morgan fingerprint density at radius 2 is 1.38 bits per heavy atom. The van der Waals surface area contributed by atoms with Crippen molar-refractivity contribution in [2.45, 2.75) is 6.42 Å². The lowest BCUT2D eigenvalue weighted by Crippen LogP contribution is -1.92. The van der Waals surface area contributed by atoms with E-state index in [0.717, 1.165) is 11.6 Å². The normalized spacial score (nSPS) is 10.4. The Bertz CT molecular complexity index is 472. The first kappa shape index (κ1) is 10.6. The van der Waals surface area contributed by atoms with Crippen molar-refractivity contribution in [3.8, 4) is 0 Å². The predicted octanol–water partition coefficient (Wildman–Crippen LogP) is 3.14. The molecule has 0 aliphatic carbocycles. The summed E-state index contributed by atoms with van der Waals surface area (Å²) >= 11 is 0. The Balaban J connectivity index is 2.23. The highest BCUT2D eigenvalue weighted by Crippen LogP contribution is 2.14. The van der Waals surface area contributed by atoms with Crippen LogP contribution in [0.2, 0.25) is 0 Å². The van der Waals surface area contributed by atoms with Crippen molar-refractivity contribution in [2.24, 2.45) is 0 Å². The number of hydrogen-bond donors (Lipinski definition) is 1. The van der Waals surface area contributed by atoms with E-state index in [0.29, 0.717) is 17.7 Å². The van der Waals surface area contributed by atoms with Crippen LogP contribution in [0.4, 0.5) is 14.5 Å². The topological polar surface area (TPSA) is 26.0 Å². The van der Waals surface area contributed by atoms with Gasteiger partial charge in [0.15, 0.2) is 0 Å². The molecule has 2 N–H and O–H groups in total. The standard InChI is InChI=1S/C13H11F2N/c14-11-6-10(7-12(15)8-11)5-9-1-3-13(16)4-2-9/h1-4,6-8H,5,16H2. The van der Waals surface area contributed by atoms with Crippen LogP contribution in [0.3, 0.4) is 0 Å². The average molecular weight is 219 g/mol. The van der Waals surface area contributed by atoms with E-state index >= 15 is 0 Å². The van der Waals surface area contributed by atoms with Crippen LogP contribution in [-0.2, 0) is 6.42 Å². The summed E-state index contributed by atoms with van der Waals surface area (Å²) < 4.78 is 25.9. The lowest BCUT2D eigenvalue weighted by atomic mass is 10.0. The first-order valence-corrected chi connectivity index (χ1v) is 4.93. The minimum Gasteiger partial charge on any atom is -0.399 e. The van der Waals surface area contributed by atoms with E-state index in [1.807, 2.05) is 12.1 Å². The molecule has 0 aliphatic rings. The molecule has 0 amide bonds. The number of anilines is 1. The van der Waals surface area contributed by atoms with Crippen molar-refractivity contribution < 1.29 is 8.78 Å². The molecule has 0 heterocycles. The molecule has 2 aromatic carbocycles. The molecule has 16 heavy (non-hydrogen) atoms. The maximum atomic E-state index is 12.9. The third-order valence-electron chi connectivity index (χ3n) is 2.31. The Morgan fingerprint density at radius 3 is 1.94 bits per heavy atom. The Labute approximate surface area is 92.5 Å². The molecule has 0 spiro atoms. The fourth-order valence-corrected chi connectivity index (χ4v) is 1.58. The number of nitrogen functional groups attached to an aromatic ring is 1. The van der Waals surface area contributed by atoms with Gasteiger partial charge in [-0.1, -0.05) is 12.1 Å². The zero-order chi connectivity index (χ0) is 11.5. The zero-order valence-electron chi connectivity index (χ0n) is 8.58. The van der Waals surface area contributed by atoms with Crippen LogP contribution in [0, 0.1) is 11.6 Å². The number of rotatable bonds is 2. The molecule has 0 saturated carbocycles. The van der Waals surface area contributed by atoms with E-state index in [2.05, 4.69) is 0 Å². The van der Waals surface area contributed by atoms with Gasteiger partial charge in [0, 0.05) is 11.8 Å². The van der Waals surface area contributed by atoms with E-state index in [9.17, 15) is 8.78 Å². The first-order chi connectivity index (χ1) is 7.63. The van der Waals surface area contributed by atoms with Gasteiger partial charge in [-0.05, 0) is 41.8 Å². The van der Waals surface area contributed by atoms with Crippen LogP contribution in [0.1, 0.15) is 11.1 Å². The smallest absolute Gasteiger partial charge is 0.126 e. The number of benzene rings is 2. The lowest BCUT2D eigenvalue weighted by molar-refractivity contribution is 0.580. The Kier molecular flexibility index (Phi) is 2.86. The largest absolute Gasteiger partial charge is 0.399 e. The molecule has 0 aromatic heterocycles. The molecular formula is C13H11F2N. The molecule has 0 unspecified atom stereocenters. The summed E-state index contributed by atoms with van der Waals surface area (Å²) in [5.74, 6) is -1.10. The van der Waals surface area contributed by atoms with Gasteiger partial charge in [-0.25, -0.2) is 8.78 Å². The third-order valence-corrected chi connectivity index (χ3v) is 2.31. The van der Waals surface area contributed by atoms with Crippen molar-refractivity contribution in [3.63, 3.8) is 0 Å². The van der Waals surface area contributed by atoms with Gasteiger partial charge >= 0.3 is 0 Å². The first-order valence-electron chi connectivity index (χ1n) is 4.93. The average Bonchev–Trinajstić information content (AvgIpc) is 2.20. The molecular weight excluding hydrogens is 208 g/mol. The lowest BCUT2D eigenvalue weighted by Gasteiger charge is -2.03. The molecule has 0 saturated heterocycles. The summed E-state index contributed by atoms with van der Waals surface area (Å²) in [5.41, 5.74) is 7.81. The molecule has 3 heteroatoms. The molecule has 0 bridgehead atoms.